The topological polar surface area (TPSA) is 64.7 Å². The van der Waals surface area contributed by atoms with E-state index in [-0.39, 0.29) is 23.9 Å². The Balaban J connectivity index is 0.00000220. The molecule has 1 aliphatic heterocycles. The van der Waals surface area contributed by atoms with Gasteiger partial charge in [0.2, 0.25) is 0 Å². The molecule has 0 unspecified atom stereocenters. The van der Waals surface area contributed by atoms with Gasteiger partial charge in [-0.05, 0) is 24.8 Å². The molecule has 1 heterocycles. The molecule has 7 heteroatoms. The van der Waals surface area contributed by atoms with Crippen molar-refractivity contribution < 1.29 is 23.4 Å². The van der Waals surface area contributed by atoms with Crippen LogP contribution in [0.15, 0.2) is 18.2 Å². The Morgan fingerprint density at radius 2 is 1.90 bits per heavy atom. The second-order valence-corrected chi connectivity index (χ2v) is 5.41. The molecular weight excluding hydrogens is 304 g/mol. The minimum atomic E-state index is -3.68. The molecular formula is C14H20ClF2NO3. The number of nitrogens with two attached hydrogens (primary N) is 1. The van der Waals surface area contributed by atoms with Crippen molar-refractivity contribution in [2.24, 2.45) is 11.7 Å². The first kappa shape index (κ1) is 17.9. The fraction of sp³-hybridized carbons (Fsp3) is 0.571. The normalized spacial score (nSPS) is 18.2. The highest BCUT2D eigenvalue weighted by molar-refractivity contribution is 5.85. The Kier molecular flexibility index (Phi) is 5.78. The number of para-hydroxylation sites is 1. The molecule has 0 spiro atoms. The molecule has 0 saturated carbocycles. The van der Waals surface area contributed by atoms with Crippen LogP contribution in [0.1, 0.15) is 38.3 Å². The highest BCUT2D eigenvalue weighted by Gasteiger charge is 2.45. The predicted octanol–water partition coefficient (Wildman–Crippen LogP) is 3.23. The van der Waals surface area contributed by atoms with Gasteiger partial charge in [0, 0.05) is 5.56 Å². The molecule has 0 fully saturated rings. The van der Waals surface area contributed by atoms with Gasteiger partial charge in [-0.15, -0.1) is 21.2 Å². The van der Waals surface area contributed by atoms with E-state index in [4.69, 9.17) is 5.73 Å². The van der Waals surface area contributed by atoms with E-state index in [1.54, 1.807) is 12.1 Å². The van der Waals surface area contributed by atoms with E-state index in [1.165, 1.54) is 6.07 Å². The molecule has 0 amide bonds. The van der Waals surface area contributed by atoms with Crippen LogP contribution in [0.2, 0.25) is 0 Å². The number of benzene rings is 1. The van der Waals surface area contributed by atoms with E-state index in [0.717, 1.165) is 6.42 Å². The summed E-state index contributed by atoms with van der Waals surface area (Å²) < 4.78 is 35.0. The Labute approximate surface area is 128 Å². The van der Waals surface area contributed by atoms with Crippen molar-refractivity contribution in [3.8, 4) is 11.5 Å². The molecule has 0 bridgehead atoms. The number of ether oxygens (including phenoxy) is 2. The smallest absolute Gasteiger partial charge is 0.395 e. The average Bonchev–Trinajstić information content (AvgIpc) is 2.68. The van der Waals surface area contributed by atoms with Gasteiger partial charge in [0.15, 0.2) is 11.5 Å². The first-order valence-electron chi connectivity index (χ1n) is 6.62. The van der Waals surface area contributed by atoms with Gasteiger partial charge in [-0.3, -0.25) is 0 Å². The lowest BCUT2D eigenvalue weighted by Gasteiger charge is -2.21. The summed E-state index contributed by atoms with van der Waals surface area (Å²) in [5, 5.41) is 10.1. The minimum absolute atomic E-state index is 0. The highest BCUT2D eigenvalue weighted by Crippen LogP contribution is 2.45. The van der Waals surface area contributed by atoms with E-state index >= 15 is 0 Å². The lowest BCUT2D eigenvalue weighted by molar-refractivity contribution is -0.287. The van der Waals surface area contributed by atoms with Gasteiger partial charge in [0.1, 0.15) is 0 Å². The molecule has 120 valence electrons. The molecule has 0 aromatic heterocycles. The maximum Gasteiger partial charge on any atom is 0.586 e. The number of halogens is 3. The fourth-order valence-corrected chi connectivity index (χ4v) is 2.14. The summed E-state index contributed by atoms with van der Waals surface area (Å²) in [4.78, 5) is 0. The molecule has 0 aliphatic carbocycles. The van der Waals surface area contributed by atoms with Crippen LogP contribution >= 0.6 is 12.4 Å². The van der Waals surface area contributed by atoms with Gasteiger partial charge < -0.3 is 20.3 Å². The molecule has 21 heavy (non-hydrogen) atoms. The highest BCUT2D eigenvalue weighted by atomic mass is 35.5. The molecule has 2 atom stereocenters. The average molecular weight is 324 g/mol. The van der Waals surface area contributed by atoms with Crippen molar-refractivity contribution in [1.82, 2.24) is 0 Å². The molecule has 3 N–H and O–H groups in total. The van der Waals surface area contributed by atoms with Crippen LogP contribution in [0.3, 0.4) is 0 Å². The summed E-state index contributed by atoms with van der Waals surface area (Å²) in [5.74, 6) is 0.287. The summed E-state index contributed by atoms with van der Waals surface area (Å²) >= 11 is 0. The summed E-state index contributed by atoms with van der Waals surface area (Å²) in [5.41, 5.74) is 6.29. The van der Waals surface area contributed by atoms with Crippen molar-refractivity contribution in [2.75, 3.05) is 0 Å². The van der Waals surface area contributed by atoms with E-state index in [2.05, 4.69) is 9.47 Å². The van der Waals surface area contributed by atoms with E-state index in [9.17, 15) is 13.9 Å². The maximum atomic E-state index is 13.1. The Bertz CT molecular complexity index is 485. The van der Waals surface area contributed by atoms with Crippen LogP contribution in [0.5, 0.6) is 11.5 Å². The van der Waals surface area contributed by atoms with Crippen LogP contribution in [-0.2, 0) is 0 Å². The molecule has 4 nitrogen and oxygen atoms in total. The molecule has 0 saturated heterocycles. The van der Waals surface area contributed by atoms with Gasteiger partial charge in [-0.2, -0.15) is 0 Å². The molecule has 0 radical (unpaired) electrons. The summed E-state index contributed by atoms with van der Waals surface area (Å²) in [6.07, 6.45) is -3.19. The van der Waals surface area contributed by atoms with Gasteiger partial charge >= 0.3 is 6.29 Å². The van der Waals surface area contributed by atoms with Crippen LogP contribution in [-0.4, -0.2) is 17.5 Å². The summed E-state index contributed by atoms with van der Waals surface area (Å²) in [6, 6.07) is 3.70. The monoisotopic (exact) mass is 323 g/mol. The van der Waals surface area contributed by atoms with E-state index in [0.29, 0.717) is 17.9 Å². The lowest BCUT2D eigenvalue weighted by Crippen LogP contribution is -2.28. The van der Waals surface area contributed by atoms with Crippen molar-refractivity contribution in [3.05, 3.63) is 23.8 Å². The Morgan fingerprint density at radius 3 is 2.52 bits per heavy atom. The number of fused-ring (bicyclic) bond motifs is 1. The predicted molar refractivity (Wildman–Crippen MR) is 76.9 cm³/mol. The zero-order valence-electron chi connectivity index (χ0n) is 11.9. The second kappa shape index (κ2) is 6.77. The van der Waals surface area contributed by atoms with E-state index < -0.39 is 18.4 Å². The lowest BCUT2D eigenvalue weighted by atomic mass is 9.95. The van der Waals surface area contributed by atoms with Crippen molar-refractivity contribution in [2.45, 2.75) is 45.1 Å². The largest absolute Gasteiger partial charge is 0.586 e. The van der Waals surface area contributed by atoms with Crippen LogP contribution in [0.25, 0.3) is 0 Å². The quantitative estimate of drug-likeness (QED) is 0.873. The van der Waals surface area contributed by atoms with Crippen molar-refractivity contribution >= 4 is 12.4 Å². The first-order chi connectivity index (χ1) is 9.30. The van der Waals surface area contributed by atoms with Gasteiger partial charge in [0.05, 0.1) is 12.1 Å². The van der Waals surface area contributed by atoms with E-state index in [1.807, 2.05) is 13.8 Å². The standard InChI is InChI=1S/C14H19F2NO3.ClH/c1-8(2)6-7-10(18)12(17)9-4-3-5-11-13(9)20-14(15,16)19-11;/h3-5,8,10,12,18H,6-7,17H2,1-2H3;1H/t10-,12+;/m1./s1. The van der Waals surface area contributed by atoms with Gasteiger partial charge in [-0.25, -0.2) is 0 Å². The Hall–Kier alpha value is -1.11. The number of hydrogen-bond donors (Lipinski definition) is 2. The van der Waals surface area contributed by atoms with Crippen molar-refractivity contribution in [1.29, 1.82) is 0 Å². The maximum absolute atomic E-state index is 13.1. The Morgan fingerprint density at radius 1 is 1.24 bits per heavy atom. The minimum Gasteiger partial charge on any atom is -0.395 e. The number of aliphatic hydroxyl groups excluding tert-OH is 1. The first-order valence-corrected chi connectivity index (χ1v) is 6.62. The molecule has 1 aromatic carbocycles. The summed E-state index contributed by atoms with van der Waals surface area (Å²) in [6.45, 7) is 4.08. The van der Waals surface area contributed by atoms with Crippen LogP contribution in [0, 0.1) is 5.92 Å². The number of hydrogen-bond acceptors (Lipinski definition) is 4. The molecule has 1 aliphatic rings. The third-order valence-electron chi connectivity index (χ3n) is 3.27. The van der Waals surface area contributed by atoms with Gasteiger partial charge in [0.25, 0.3) is 0 Å². The van der Waals surface area contributed by atoms with Crippen LogP contribution < -0.4 is 15.2 Å². The fourth-order valence-electron chi connectivity index (χ4n) is 2.14. The zero-order valence-corrected chi connectivity index (χ0v) is 12.7. The number of rotatable bonds is 5. The number of aliphatic hydroxyl groups is 1. The van der Waals surface area contributed by atoms with Crippen LogP contribution in [0.4, 0.5) is 8.78 Å². The zero-order chi connectivity index (χ0) is 14.9. The third kappa shape index (κ3) is 4.18. The summed E-state index contributed by atoms with van der Waals surface area (Å²) in [7, 11) is 0. The SMILES string of the molecule is CC(C)CC[C@@H](O)[C@@H](N)c1cccc2c1OC(F)(F)O2.Cl. The van der Waals surface area contributed by atoms with Gasteiger partial charge in [-0.1, -0.05) is 26.0 Å². The molecule has 2 rings (SSSR count). The third-order valence-corrected chi connectivity index (χ3v) is 3.27. The molecule has 1 aromatic rings. The van der Waals surface area contributed by atoms with Crippen molar-refractivity contribution in [3.63, 3.8) is 0 Å². The number of alkyl halides is 2. The second-order valence-electron chi connectivity index (χ2n) is 5.41.